The van der Waals surface area contributed by atoms with Crippen LogP contribution in [0.3, 0.4) is 0 Å². The lowest BCUT2D eigenvalue weighted by atomic mass is 10.2. The van der Waals surface area contributed by atoms with Crippen LogP contribution in [0, 0.1) is 17.0 Å². The summed E-state index contributed by atoms with van der Waals surface area (Å²) >= 11 is 0. The molecule has 0 bridgehead atoms. The van der Waals surface area contributed by atoms with Gasteiger partial charge in [0.05, 0.1) is 17.6 Å². The van der Waals surface area contributed by atoms with Crippen molar-refractivity contribution in [2.45, 2.75) is 26.7 Å². The highest BCUT2D eigenvalue weighted by Gasteiger charge is 2.08. The third kappa shape index (κ3) is 3.23. The fraction of sp³-hybridized carbons (Fsp3) is 0.455. The molecule has 0 radical (unpaired) electrons. The van der Waals surface area contributed by atoms with E-state index in [4.69, 9.17) is 4.74 Å². The number of ether oxygens (including phenoxy) is 1. The number of nitro groups is 1. The molecule has 0 atom stereocenters. The fourth-order valence-electron chi connectivity index (χ4n) is 1.18. The van der Waals surface area contributed by atoms with Crippen molar-refractivity contribution in [3.05, 3.63) is 33.9 Å². The Balaban J connectivity index is 2.76. The molecule has 15 heavy (non-hydrogen) atoms. The van der Waals surface area contributed by atoms with E-state index in [-0.39, 0.29) is 5.69 Å². The third-order valence-electron chi connectivity index (χ3n) is 2.14. The maximum absolute atomic E-state index is 10.5. The topological polar surface area (TPSA) is 52.4 Å². The predicted molar refractivity (Wildman–Crippen MR) is 58.2 cm³/mol. The maximum atomic E-state index is 10.5. The van der Waals surface area contributed by atoms with Gasteiger partial charge in [0.15, 0.2) is 0 Å². The van der Waals surface area contributed by atoms with E-state index < -0.39 is 4.92 Å². The molecule has 0 unspecified atom stereocenters. The molecule has 0 aliphatic heterocycles. The van der Waals surface area contributed by atoms with Gasteiger partial charge in [0.25, 0.3) is 5.69 Å². The van der Waals surface area contributed by atoms with Gasteiger partial charge >= 0.3 is 0 Å². The summed E-state index contributed by atoms with van der Waals surface area (Å²) in [6, 6.07) is 4.67. The number of aryl methyl sites for hydroxylation is 1. The van der Waals surface area contributed by atoms with E-state index in [2.05, 4.69) is 6.92 Å². The molecule has 0 amide bonds. The van der Waals surface area contributed by atoms with E-state index in [0.29, 0.717) is 12.4 Å². The van der Waals surface area contributed by atoms with Gasteiger partial charge in [-0.2, -0.15) is 0 Å². The molecule has 0 saturated heterocycles. The van der Waals surface area contributed by atoms with E-state index >= 15 is 0 Å². The summed E-state index contributed by atoms with van der Waals surface area (Å²) in [5, 5.41) is 10.5. The van der Waals surface area contributed by atoms with Gasteiger partial charge in [-0.15, -0.1) is 0 Å². The monoisotopic (exact) mass is 209 g/mol. The maximum Gasteiger partial charge on any atom is 0.273 e. The Morgan fingerprint density at radius 3 is 2.80 bits per heavy atom. The van der Waals surface area contributed by atoms with Crippen molar-refractivity contribution in [2.75, 3.05) is 6.61 Å². The number of non-ortho nitro benzene ring substituents is 1. The molecule has 82 valence electrons. The van der Waals surface area contributed by atoms with Crippen LogP contribution in [0.15, 0.2) is 18.2 Å². The van der Waals surface area contributed by atoms with Crippen LogP contribution in [0.4, 0.5) is 5.69 Å². The van der Waals surface area contributed by atoms with Gasteiger partial charge in [0.1, 0.15) is 5.75 Å². The van der Waals surface area contributed by atoms with Crippen molar-refractivity contribution in [2.24, 2.45) is 0 Å². The van der Waals surface area contributed by atoms with Crippen molar-refractivity contribution in [3.63, 3.8) is 0 Å². The van der Waals surface area contributed by atoms with Gasteiger partial charge in [-0.3, -0.25) is 10.1 Å². The standard InChI is InChI=1S/C11H15NO3/c1-3-4-7-15-11-8-10(12(13)14)6-5-9(11)2/h5-6,8H,3-4,7H2,1-2H3. The van der Waals surface area contributed by atoms with Gasteiger partial charge in [-0.05, 0) is 25.0 Å². The smallest absolute Gasteiger partial charge is 0.273 e. The summed E-state index contributed by atoms with van der Waals surface area (Å²) in [5.41, 5.74) is 1.00. The van der Waals surface area contributed by atoms with Gasteiger partial charge in [-0.25, -0.2) is 0 Å². The third-order valence-corrected chi connectivity index (χ3v) is 2.14. The summed E-state index contributed by atoms with van der Waals surface area (Å²) < 4.78 is 5.46. The first-order valence-electron chi connectivity index (χ1n) is 5.03. The SMILES string of the molecule is CCCCOc1cc([N+](=O)[O-])ccc1C. The number of hydrogen-bond acceptors (Lipinski definition) is 3. The lowest BCUT2D eigenvalue weighted by molar-refractivity contribution is -0.384. The average molecular weight is 209 g/mol. The summed E-state index contributed by atoms with van der Waals surface area (Å²) in [5.74, 6) is 0.609. The molecule has 1 aromatic rings. The lowest BCUT2D eigenvalue weighted by Gasteiger charge is -2.07. The molecule has 1 rings (SSSR count). The number of nitro benzene ring substituents is 1. The van der Waals surface area contributed by atoms with Crippen LogP contribution >= 0.6 is 0 Å². The van der Waals surface area contributed by atoms with Crippen LogP contribution < -0.4 is 4.74 Å². The Morgan fingerprint density at radius 2 is 2.20 bits per heavy atom. The highest BCUT2D eigenvalue weighted by Crippen LogP contribution is 2.24. The van der Waals surface area contributed by atoms with Crippen LogP contribution in [-0.2, 0) is 0 Å². The summed E-state index contributed by atoms with van der Waals surface area (Å²) in [7, 11) is 0. The van der Waals surface area contributed by atoms with E-state index in [1.54, 1.807) is 6.07 Å². The Hall–Kier alpha value is -1.58. The van der Waals surface area contributed by atoms with E-state index in [1.165, 1.54) is 12.1 Å². The second-order valence-corrected chi connectivity index (χ2v) is 3.41. The van der Waals surface area contributed by atoms with Gasteiger partial charge < -0.3 is 4.74 Å². The number of unbranched alkanes of at least 4 members (excludes halogenated alkanes) is 1. The highest BCUT2D eigenvalue weighted by atomic mass is 16.6. The molecule has 0 aliphatic carbocycles. The lowest BCUT2D eigenvalue weighted by Crippen LogP contribution is -1.99. The molecule has 4 heteroatoms. The molecule has 0 saturated carbocycles. The first-order chi connectivity index (χ1) is 7.15. The first-order valence-corrected chi connectivity index (χ1v) is 5.03. The van der Waals surface area contributed by atoms with Crippen LogP contribution in [-0.4, -0.2) is 11.5 Å². The van der Waals surface area contributed by atoms with Gasteiger partial charge in [0.2, 0.25) is 0 Å². The summed E-state index contributed by atoms with van der Waals surface area (Å²) in [6.45, 7) is 4.56. The highest BCUT2D eigenvalue weighted by molar-refractivity contribution is 5.43. The second-order valence-electron chi connectivity index (χ2n) is 3.41. The van der Waals surface area contributed by atoms with Gasteiger partial charge in [0, 0.05) is 6.07 Å². The van der Waals surface area contributed by atoms with Crippen molar-refractivity contribution < 1.29 is 9.66 Å². The van der Waals surface area contributed by atoms with Gasteiger partial charge in [-0.1, -0.05) is 13.3 Å². The second kappa shape index (κ2) is 5.34. The molecule has 0 aromatic heterocycles. The van der Waals surface area contributed by atoms with E-state index in [1.807, 2.05) is 6.92 Å². The molecule has 1 aromatic carbocycles. The normalized spacial score (nSPS) is 10.0. The zero-order chi connectivity index (χ0) is 11.3. The molecule has 0 spiro atoms. The van der Waals surface area contributed by atoms with E-state index in [0.717, 1.165) is 18.4 Å². The molecule has 0 fully saturated rings. The minimum Gasteiger partial charge on any atom is -0.493 e. The number of nitrogens with zero attached hydrogens (tertiary/aromatic N) is 1. The van der Waals surface area contributed by atoms with Crippen LogP contribution in [0.1, 0.15) is 25.3 Å². The molecular formula is C11H15NO3. The Morgan fingerprint density at radius 1 is 1.47 bits per heavy atom. The summed E-state index contributed by atoms with van der Waals surface area (Å²) in [4.78, 5) is 10.1. The number of hydrogen-bond donors (Lipinski definition) is 0. The Kier molecular flexibility index (Phi) is 4.09. The van der Waals surface area contributed by atoms with Crippen LogP contribution in [0.25, 0.3) is 0 Å². The summed E-state index contributed by atoms with van der Waals surface area (Å²) in [6.07, 6.45) is 2.01. The average Bonchev–Trinajstić information content (AvgIpc) is 2.20. The zero-order valence-electron chi connectivity index (χ0n) is 9.03. The number of benzene rings is 1. The number of rotatable bonds is 5. The molecule has 0 aliphatic rings. The predicted octanol–water partition coefficient (Wildman–Crippen LogP) is 3.08. The molecule has 0 heterocycles. The first kappa shape index (κ1) is 11.5. The van der Waals surface area contributed by atoms with E-state index in [9.17, 15) is 10.1 Å². The largest absolute Gasteiger partial charge is 0.493 e. The fourth-order valence-corrected chi connectivity index (χ4v) is 1.18. The minimum absolute atomic E-state index is 0.0760. The zero-order valence-corrected chi connectivity index (χ0v) is 9.03. The van der Waals surface area contributed by atoms with Crippen LogP contribution in [0.2, 0.25) is 0 Å². The molecular weight excluding hydrogens is 194 g/mol. The van der Waals surface area contributed by atoms with Crippen molar-refractivity contribution >= 4 is 5.69 Å². The van der Waals surface area contributed by atoms with Crippen molar-refractivity contribution in [1.82, 2.24) is 0 Å². The van der Waals surface area contributed by atoms with Crippen molar-refractivity contribution in [3.8, 4) is 5.75 Å². The minimum atomic E-state index is -0.411. The van der Waals surface area contributed by atoms with Crippen LogP contribution in [0.5, 0.6) is 5.75 Å². The Labute approximate surface area is 89.0 Å². The quantitative estimate of drug-likeness (QED) is 0.425. The van der Waals surface area contributed by atoms with Crippen molar-refractivity contribution in [1.29, 1.82) is 0 Å². The molecule has 4 nitrogen and oxygen atoms in total. The molecule has 0 N–H and O–H groups in total. The Bertz CT molecular complexity index is 350.